The highest BCUT2D eigenvalue weighted by Crippen LogP contribution is 2.30. The lowest BCUT2D eigenvalue weighted by atomic mass is 10.2. The van der Waals surface area contributed by atoms with Gasteiger partial charge in [-0.05, 0) is 12.5 Å². The lowest BCUT2D eigenvalue weighted by Gasteiger charge is -2.17. The van der Waals surface area contributed by atoms with Gasteiger partial charge in [-0.3, -0.25) is 0 Å². The maximum Gasteiger partial charge on any atom is 0.183 e. The van der Waals surface area contributed by atoms with Crippen molar-refractivity contribution in [3.05, 3.63) is 35.5 Å². The molecule has 4 heterocycles. The summed E-state index contributed by atoms with van der Waals surface area (Å²) in [5.74, 6) is -0.0858. The van der Waals surface area contributed by atoms with Gasteiger partial charge in [0.1, 0.15) is 11.8 Å². The highest BCUT2D eigenvalue weighted by molar-refractivity contribution is 6.31. The Labute approximate surface area is 135 Å². The summed E-state index contributed by atoms with van der Waals surface area (Å²) in [6.45, 7) is 0.588. The molecule has 1 N–H and O–H groups in total. The molecule has 118 valence electrons. The molecule has 0 spiro atoms. The summed E-state index contributed by atoms with van der Waals surface area (Å²) >= 11 is 5.98. The summed E-state index contributed by atoms with van der Waals surface area (Å²) in [6.07, 6.45) is 3.77. The van der Waals surface area contributed by atoms with Gasteiger partial charge in [-0.25, -0.2) is 23.7 Å². The van der Waals surface area contributed by atoms with Crippen LogP contribution in [-0.2, 0) is 0 Å². The summed E-state index contributed by atoms with van der Waals surface area (Å²) in [6, 6.07) is 1.75. The highest BCUT2D eigenvalue weighted by atomic mass is 35.5. The van der Waals surface area contributed by atoms with E-state index in [2.05, 4.69) is 19.9 Å². The Bertz CT molecular complexity index is 881. The van der Waals surface area contributed by atoms with Crippen molar-refractivity contribution in [2.45, 2.75) is 12.6 Å². The first kappa shape index (κ1) is 14.3. The number of anilines is 1. The van der Waals surface area contributed by atoms with Crippen LogP contribution in [0.25, 0.3) is 22.4 Å². The number of nitrogens with one attached hydrogen (secondary N) is 1. The molecule has 1 fully saturated rings. The number of rotatable bonds is 2. The molecule has 0 bridgehead atoms. The Morgan fingerprint density at radius 1 is 1.30 bits per heavy atom. The Morgan fingerprint density at radius 2 is 2.17 bits per heavy atom. The van der Waals surface area contributed by atoms with E-state index in [4.69, 9.17) is 11.6 Å². The van der Waals surface area contributed by atoms with Gasteiger partial charge in [-0.2, -0.15) is 0 Å². The van der Waals surface area contributed by atoms with E-state index >= 15 is 0 Å². The second kappa shape index (κ2) is 5.42. The molecule has 3 aromatic rings. The molecule has 0 aromatic carbocycles. The Morgan fingerprint density at radius 3 is 2.96 bits per heavy atom. The van der Waals surface area contributed by atoms with Crippen LogP contribution in [0.4, 0.5) is 14.6 Å². The van der Waals surface area contributed by atoms with Gasteiger partial charge < -0.3 is 9.88 Å². The van der Waals surface area contributed by atoms with Crippen molar-refractivity contribution in [2.24, 2.45) is 0 Å². The van der Waals surface area contributed by atoms with Crippen molar-refractivity contribution < 1.29 is 8.78 Å². The van der Waals surface area contributed by atoms with E-state index in [-0.39, 0.29) is 12.4 Å². The SMILES string of the molecule is Fc1cnc(-c2c[nH]c3ncc(Cl)cc23)nc1N1CC[C@@H](F)C1. The van der Waals surface area contributed by atoms with Crippen LogP contribution in [0.3, 0.4) is 0 Å². The van der Waals surface area contributed by atoms with E-state index in [9.17, 15) is 8.78 Å². The fraction of sp³-hybridized carbons (Fsp3) is 0.267. The summed E-state index contributed by atoms with van der Waals surface area (Å²) < 4.78 is 27.4. The Hall–Kier alpha value is -2.28. The molecule has 4 rings (SSSR count). The molecule has 0 radical (unpaired) electrons. The molecule has 3 aromatic heterocycles. The van der Waals surface area contributed by atoms with Gasteiger partial charge in [0.25, 0.3) is 0 Å². The molecular formula is C15H12ClF2N5. The van der Waals surface area contributed by atoms with Crippen molar-refractivity contribution in [2.75, 3.05) is 18.0 Å². The van der Waals surface area contributed by atoms with Gasteiger partial charge in [0.05, 0.1) is 17.8 Å². The maximum absolute atomic E-state index is 14.0. The van der Waals surface area contributed by atoms with Gasteiger partial charge >= 0.3 is 0 Å². The molecule has 1 aliphatic heterocycles. The number of nitrogens with zero attached hydrogens (tertiary/aromatic N) is 4. The van der Waals surface area contributed by atoms with Crippen LogP contribution < -0.4 is 4.90 Å². The van der Waals surface area contributed by atoms with E-state index in [1.54, 1.807) is 17.2 Å². The zero-order valence-electron chi connectivity index (χ0n) is 11.9. The lowest BCUT2D eigenvalue weighted by Crippen LogP contribution is -2.22. The second-order valence-corrected chi connectivity index (χ2v) is 5.89. The number of H-pyrrole nitrogens is 1. The number of halogens is 3. The first-order valence-electron chi connectivity index (χ1n) is 7.16. The van der Waals surface area contributed by atoms with Gasteiger partial charge in [-0.15, -0.1) is 0 Å². The summed E-state index contributed by atoms with van der Waals surface area (Å²) in [5, 5.41) is 1.24. The van der Waals surface area contributed by atoms with Crippen LogP contribution in [0.5, 0.6) is 0 Å². The maximum atomic E-state index is 14.0. The molecule has 1 atom stereocenters. The van der Waals surface area contributed by atoms with Gasteiger partial charge in [0.15, 0.2) is 17.5 Å². The summed E-state index contributed by atoms with van der Waals surface area (Å²) in [7, 11) is 0. The summed E-state index contributed by atoms with van der Waals surface area (Å²) in [4.78, 5) is 17.1. The number of aromatic nitrogens is 4. The average Bonchev–Trinajstić information content (AvgIpc) is 3.14. The number of aromatic amines is 1. The third-order valence-electron chi connectivity index (χ3n) is 3.89. The molecule has 8 heteroatoms. The third-order valence-corrected chi connectivity index (χ3v) is 4.10. The van der Waals surface area contributed by atoms with E-state index in [0.29, 0.717) is 35.0 Å². The number of alkyl halides is 1. The molecule has 0 aliphatic carbocycles. The van der Waals surface area contributed by atoms with Gasteiger partial charge in [-0.1, -0.05) is 11.6 Å². The van der Waals surface area contributed by atoms with E-state index in [0.717, 1.165) is 11.6 Å². The van der Waals surface area contributed by atoms with Crippen LogP contribution in [0.2, 0.25) is 5.02 Å². The quantitative estimate of drug-likeness (QED) is 0.780. The molecule has 1 saturated heterocycles. The first-order valence-corrected chi connectivity index (χ1v) is 7.54. The molecule has 0 unspecified atom stereocenters. The first-order chi connectivity index (χ1) is 11.1. The van der Waals surface area contributed by atoms with Gasteiger partial charge in [0, 0.05) is 29.9 Å². The monoisotopic (exact) mass is 335 g/mol. The standard InChI is InChI=1S/C15H12ClF2N5/c16-8-3-10-11(5-20-13(10)19-4-8)14-21-6-12(18)15(22-14)23-2-1-9(17)7-23/h3-6,9H,1-2,7H2,(H,19,20)/t9-/m1/s1. The topological polar surface area (TPSA) is 57.7 Å². The van der Waals surface area contributed by atoms with E-state index < -0.39 is 12.0 Å². The number of hydrogen-bond acceptors (Lipinski definition) is 4. The lowest BCUT2D eigenvalue weighted by molar-refractivity contribution is 0.364. The van der Waals surface area contributed by atoms with Crippen LogP contribution >= 0.6 is 11.6 Å². The van der Waals surface area contributed by atoms with Gasteiger partial charge in [0.2, 0.25) is 0 Å². The van der Waals surface area contributed by atoms with Crippen LogP contribution in [0.1, 0.15) is 6.42 Å². The van der Waals surface area contributed by atoms with Crippen LogP contribution in [-0.4, -0.2) is 39.2 Å². The smallest absolute Gasteiger partial charge is 0.183 e. The fourth-order valence-electron chi connectivity index (χ4n) is 2.78. The van der Waals surface area contributed by atoms with Crippen molar-refractivity contribution in [1.82, 2.24) is 19.9 Å². The highest BCUT2D eigenvalue weighted by Gasteiger charge is 2.26. The minimum atomic E-state index is -0.955. The molecule has 0 amide bonds. The van der Waals surface area contributed by atoms with Crippen molar-refractivity contribution >= 4 is 28.5 Å². The fourth-order valence-corrected chi connectivity index (χ4v) is 2.94. The van der Waals surface area contributed by atoms with Crippen molar-refractivity contribution in [1.29, 1.82) is 0 Å². The molecule has 23 heavy (non-hydrogen) atoms. The minimum Gasteiger partial charge on any atom is -0.351 e. The van der Waals surface area contributed by atoms with Crippen molar-refractivity contribution in [3.8, 4) is 11.4 Å². The average molecular weight is 336 g/mol. The minimum absolute atomic E-state index is 0.125. The molecule has 1 aliphatic rings. The second-order valence-electron chi connectivity index (χ2n) is 5.45. The molecule has 0 saturated carbocycles. The van der Waals surface area contributed by atoms with Crippen LogP contribution in [0.15, 0.2) is 24.7 Å². The number of hydrogen-bond donors (Lipinski definition) is 1. The molecular weight excluding hydrogens is 324 g/mol. The van der Waals surface area contributed by atoms with E-state index in [1.165, 1.54) is 6.20 Å². The van der Waals surface area contributed by atoms with Crippen LogP contribution in [0, 0.1) is 5.82 Å². The largest absolute Gasteiger partial charge is 0.351 e. The zero-order valence-corrected chi connectivity index (χ0v) is 12.7. The Balaban J connectivity index is 1.81. The normalized spacial score (nSPS) is 18.0. The van der Waals surface area contributed by atoms with E-state index in [1.807, 2.05) is 0 Å². The number of fused-ring (bicyclic) bond motifs is 1. The summed E-state index contributed by atoms with van der Waals surface area (Å²) in [5.41, 5.74) is 1.32. The zero-order chi connectivity index (χ0) is 16.0. The predicted octanol–water partition coefficient (Wildman–Crippen LogP) is 3.36. The molecule has 5 nitrogen and oxygen atoms in total. The predicted molar refractivity (Wildman–Crippen MR) is 83.8 cm³/mol. The third kappa shape index (κ3) is 2.50. The Kier molecular flexibility index (Phi) is 3.37. The number of pyridine rings is 1. The van der Waals surface area contributed by atoms with Crippen molar-refractivity contribution in [3.63, 3.8) is 0 Å².